The molecule has 0 saturated carbocycles. The summed E-state index contributed by atoms with van der Waals surface area (Å²) in [4.78, 5) is 36.0. The first-order valence-electron chi connectivity index (χ1n) is 10.8. The third kappa shape index (κ3) is 3.85. The van der Waals surface area contributed by atoms with E-state index in [0.717, 1.165) is 40.0 Å². The average molecular weight is 438 g/mol. The zero-order chi connectivity index (χ0) is 22.9. The van der Waals surface area contributed by atoms with E-state index < -0.39 is 0 Å². The maximum Gasteiger partial charge on any atom is 0.323 e. The van der Waals surface area contributed by atoms with Crippen LogP contribution in [0.25, 0.3) is 33.7 Å². The number of H-pyrrole nitrogens is 2. The van der Waals surface area contributed by atoms with Gasteiger partial charge in [-0.25, -0.2) is 9.78 Å². The summed E-state index contributed by atoms with van der Waals surface area (Å²) in [5.74, 6) is 0.488. The third-order valence-electron chi connectivity index (χ3n) is 5.74. The summed E-state index contributed by atoms with van der Waals surface area (Å²) in [7, 11) is 0. The lowest BCUT2D eigenvalue weighted by molar-refractivity contribution is 0.262. The lowest BCUT2D eigenvalue weighted by Gasteiger charge is -2.13. The molecule has 5 rings (SSSR count). The maximum atomic E-state index is 12.7. The van der Waals surface area contributed by atoms with Crippen molar-refractivity contribution in [1.82, 2.24) is 15.0 Å². The Kier molecular flexibility index (Phi) is 5.14. The Labute approximate surface area is 190 Å². The van der Waals surface area contributed by atoms with Crippen molar-refractivity contribution < 1.29 is 4.79 Å². The summed E-state index contributed by atoms with van der Waals surface area (Å²) < 4.78 is 0. The third-order valence-corrected chi connectivity index (χ3v) is 5.74. The molecule has 1 aliphatic heterocycles. The summed E-state index contributed by atoms with van der Waals surface area (Å²) in [5.41, 5.74) is 6.83. The Balaban J connectivity index is 1.43. The summed E-state index contributed by atoms with van der Waals surface area (Å²) in [6, 6.07) is 20.5. The number of hydrogen-bond acceptors (Lipinski definition) is 3. The number of rotatable bonds is 4. The number of carbonyl (C=O) groups excluding carboxylic acids is 1. The van der Waals surface area contributed by atoms with Gasteiger partial charge in [-0.3, -0.25) is 4.79 Å². The van der Waals surface area contributed by atoms with Gasteiger partial charge in [0.05, 0.1) is 16.6 Å². The number of carbonyl (C=O) groups is 1. The van der Waals surface area contributed by atoms with Crippen molar-refractivity contribution in [3.8, 4) is 22.6 Å². The number of para-hydroxylation sites is 1. The number of hydrogen-bond donors (Lipinski definition) is 4. The molecule has 3 aromatic rings. The second-order valence-corrected chi connectivity index (χ2v) is 7.93. The first kappa shape index (κ1) is 20.5. The zero-order valence-electron chi connectivity index (χ0n) is 18.3. The van der Waals surface area contributed by atoms with E-state index in [1.54, 1.807) is 6.07 Å². The number of benzene rings is 2. The molecule has 0 radical (unpaired) electrons. The molecule has 0 fully saturated rings. The van der Waals surface area contributed by atoms with E-state index in [1.807, 2.05) is 67.6 Å². The first-order chi connectivity index (χ1) is 16.0. The van der Waals surface area contributed by atoms with Gasteiger partial charge in [-0.2, -0.15) is 0 Å². The van der Waals surface area contributed by atoms with Gasteiger partial charge in [0.1, 0.15) is 5.82 Å². The van der Waals surface area contributed by atoms with Crippen molar-refractivity contribution >= 4 is 28.4 Å². The van der Waals surface area contributed by atoms with E-state index >= 15 is 0 Å². The predicted molar refractivity (Wildman–Crippen MR) is 132 cm³/mol. The van der Waals surface area contributed by atoms with Gasteiger partial charge in [-0.15, -0.1) is 0 Å². The van der Waals surface area contributed by atoms with E-state index in [0.29, 0.717) is 22.6 Å². The van der Waals surface area contributed by atoms with Gasteiger partial charge < -0.3 is 20.6 Å². The molecule has 7 heteroatoms. The van der Waals surface area contributed by atoms with Crippen molar-refractivity contribution in [3.63, 3.8) is 0 Å². The van der Waals surface area contributed by atoms with Crippen LogP contribution in [-0.4, -0.2) is 21.0 Å². The maximum absolute atomic E-state index is 12.7. The molecule has 33 heavy (non-hydrogen) atoms. The van der Waals surface area contributed by atoms with Crippen LogP contribution in [0.15, 0.2) is 71.5 Å². The highest BCUT2D eigenvalue weighted by Gasteiger charge is 2.19. The van der Waals surface area contributed by atoms with Gasteiger partial charge in [0.25, 0.3) is 5.56 Å². The van der Waals surface area contributed by atoms with Crippen molar-refractivity contribution in [2.45, 2.75) is 20.3 Å². The van der Waals surface area contributed by atoms with E-state index in [9.17, 15) is 9.59 Å². The molecular formula is C26H23N5O2. The Bertz CT molecular complexity index is 1520. The summed E-state index contributed by atoms with van der Waals surface area (Å²) in [6.07, 6.45) is 0.827. The smallest absolute Gasteiger partial charge is 0.323 e. The van der Waals surface area contributed by atoms with Crippen LogP contribution in [0.1, 0.15) is 18.1 Å². The fraction of sp³-hybridized carbons (Fsp3) is 0.115. The second-order valence-electron chi connectivity index (χ2n) is 7.93. The molecule has 0 bridgehead atoms. The topological polar surface area (TPSA) is 103 Å². The Morgan fingerprint density at radius 2 is 1.82 bits per heavy atom. The highest BCUT2D eigenvalue weighted by Crippen LogP contribution is 2.30. The lowest BCUT2D eigenvalue weighted by atomic mass is 10.1. The van der Waals surface area contributed by atoms with Gasteiger partial charge in [-0.05, 0) is 48.7 Å². The number of anilines is 2. The van der Waals surface area contributed by atoms with Crippen LogP contribution in [0.3, 0.4) is 0 Å². The largest absolute Gasteiger partial charge is 0.338 e. The molecular weight excluding hydrogens is 414 g/mol. The number of nitrogens with zero attached hydrogens (tertiary/aromatic N) is 1. The summed E-state index contributed by atoms with van der Waals surface area (Å²) in [5, 5.41) is 5.85. The van der Waals surface area contributed by atoms with Crippen molar-refractivity contribution in [3.05, 3.63) is 88.2 Å². The minimum absolute atomic E-state index is 0.196. The van der Waals surface area contributed by atoms with Crippen LogP contribution in [0.5, 0.6) is 0 Å². The summed E-state index contributed by atoms with van der Waals surface area (Å²) in [6.45, 7) is 4.03. The number of aromatic amines is 2. The minimum atomic E-state index is -0.316. The number of urea groups is 1. The minimum Gasteiger partial charge on any atom is -0.338 e. The van der Waals surface area contributed by atoms with Crippen LogP contribution in [0.4, 0.5) is 16.2 Å². The van der Waals surface area contributed by atoms with Crippen molar-refractivity contribution in [2.75, 3.05) is 10.6 Å². The number of amides is 2. The van der Waals surface area contributed by atoms with Crippen LogP contribution < -0.4 is 16.2 Å². The van der Waals surface area contributed by atoms with Crippen LogP contribution in [-0.2, 0) is 6.42 Å². The molecule has 2 aliphatic rings. The molecule has 164 valence electrons. The highest BCUT2D eigenvalue weighted by molar-refractivity contribution is 6.01. The van der Waals surface area contributed by atoms with Crippen LogP contribution in [0, 0.1) is 6.92 Å². The predicted octanol–water partition coefficient (Wildman–Crippen LogP) is 5.54. The van der Waals surface area contributed by atoms with Crippen molar-refractivity contribution in [1.29, 1.82) is 0 Å². The van der Waals surface area contributed by atoms with Gasteiger partial charge >= 0.3 is 6.03 Å². The molecule has 0 atom stereocenters. The van der Waals surface area contributed by atoms with Gasteiger partial charge in [0, 0.05) is 22.6 Å². The average Bonchev–Trinajstić information content (AvgIpc) is 3.26. The van der Waals surface area contributed by atoms with E-state index in [2.05, 4.69) is 32.5 Å². The molecule has 1 aromatic heterocycles. The molecule has 2 heterocycles. The van der Waals surface area contributed by atoms with Crippen LogP contribution >= 0.6 is 0 Å². The van der Waals surface area contributed by atoms with Gasteiger partial charge in [-0.1, -0.05) is 49.4 Å². The molecule has 0 spiro atoms. The molecule has 2 aromatic carbocycles. The number of imidazole rings is 1. The Morgan fingerprint density at radius 3 is 2.67 bits per heavy atom. The lowest BCUT2D eigenvalue weighted by Crippen LogP contribution is -2.20. The Morgan fingerprint density at radius 1 is 0.970 bits per heavy atom. The van der Waals surface area contributed by atoms with Gasteiger partial charge in [0.2, 0.25) is 0 Å². The standard InChI is InChI=1S/C26H23N5O2/c1-3-16-9-7-8-15(2)23(16)31-26(33)27-17-12-13-20-21(14-17)29-24(28-20)22-18-10-5-4-6-11-19(18)30-25(22)32/h4-14H,3H2,1-2H3,(H,28,29)(H,30,32)(H2,27,31,33). The molecule has 1 aliphatic carbocycles. The molecule has 2 amide bonds. The zero-order valence-corrected chi connectivity index (χ0v) is 18.3. The molecule has 0 unspecified atom stereocenters. The fourth-order valence-corrected chi connectivity index (χ4v) is 4.10. The fourth-order valence-electron chi connectivity index (χ4n) is 4.10. The SMILES string of the molecule is CCc1cccc(C)c1NC(=O)Nc1ccc2nc(-c3c4cccccc-4[nH]c3=O)[nH]c2c1. The quantitative estimate of drug-likeness (QED) is 0.297. The normalized spacial score (nSPS) is 11.1. The number of aryl methyl sites for hydroxylation is 2. The Hall–Kier alpha value is -4.39. The summed E-state index contributed by atoms with van der Waals surface area (Å²) >= 11 is 0. The number of nitrogens with one attached hydrogen (secondary N) is 4. The van der Waals surface area contributed by atoms with Crippen LogP contribution in [0.2, 0.25) is 0 Å². The number of fused-ring (bicyclic) bond motifs is 2. The number of aromatic nitrogens is 3. The highest BCUT2D eigenvalue weighted by atomic mass is 16.2. The first-order valence-corrected chi connectivity index (χ1v) is 10.8. The second kappa shape index (κ2) is 8.27. The molecule has 0 saturated heterocycles. The van der Waals surface area contributed by atoms with Crippen molar-refractivity contribution in [2.24, 2.45) is 0 Å². The van der Waals surface area contributed by atoms with E-state index in [1.165, 1.54) is 0 Å². The van der Waals surface area contributed by atoms with E-state index in [-0.39, 0.29) is 11.6 Å². The monoisotopic (exact) mass is 437 g/mol. The van der Waals surface area contributed by atoms with Gasteiger partial charge in [0.15, 0.2) is 0 Å². The molecule has 7 nitrogen and oxygen atoms in total. The van der Waals surface area contributed by atoms with E-state index in [4.69, 9.17) is 0 Å². The molecule has 4 N–H and O–H groups in total.